The van der Waals surface area contributed by atoms with Crippen molar-refractivity contribution in [1.82, 2.24) is 4.90 Å². The van der Waals surface area contributed by atoms with Crippen LogP contribution in [0.1, 0.15) is 36.7 Å². The lowest BCUT2D eigenvalue weighted by atomic mass is 10.0. The van der Waals surface area contributed by atoms with Crippen LogP contribution in [0.25, 0.3) is 0 Å². The van der Waals surface area contributed by atoms with Crippen molar-refractivity contribution in [3.05, 3.63) is 112 Å². The van der Waals surface area contributed by atoms with E-state index in [4.69, 9.17) is 9.47 Å². The molecule has 0 saturated heterocycles. The van der Waals surface area contributed by atoms with Gasteiger partial charge in [-0.25, -0.2) is 4.79 Å². The van der Waals surface area contributed by atoms with E-state index in [0.717, 1.165) is 42.2 Å². The number of esters is 1. The Labute approximate surface area is 214 Å². The molecule has 1 aromatic heterocycles. The standard InChI is InChI=1S/C29H26N2O4S/c1-34-29(33)26-24-16-17-31(18-20-8-4-2-5-9-20)19-25(24)36-28(26)30-27(32)21-12-14-23(15-13-21)35-22-10-6-3-7-11-22/h2-15H,16-19H2,1H3,(H,30,32). The summed E-state index contributed by atoms with van der Waals surface area (Å²) in [6, 6.07) is 26.7. The van der Waals surface area contributed by atoms with Gasteiger partial charge in [-0.2, -0.15) is 0 Å². The number of hydrogen-bond acceptors (Lipinski definition) is 6. The molecule has 0 spiro atoms. The van der Waals surface area contributed by atoms with Gasteiger partial charge in [0.05, 0.1) is 12.7 Å². The molecule has 1 aliphatic rings. The van der Waals surface area contributed by atoms with Crippen LogP contribution in [-0.4, -0.2) is 30.4 Å². The smallest absolute Gasteiger partial charge is 0.341 e. The number of hydrogen-bond donors (Lipinski definition) is 1. The first kappa shape index (κ1) is 23.8. The summed E-state index contributed by atoms with van der Waals surface area (Å²) in [5.74, 6) is 0.651. The van der Waals surface area contributed by atoms with Crippen LogP contribution in [0.15, 0.2) is 84.9 Å². The number of methoxy groups -OCH3 is 1. The normalized spacial score (nSPS) is 13.0. The van der Waals surface area contributed by atoms with Gasteiger partial charge >= 0.3 is 5.97 Å². The van der Waals surface area contributed by atoms with Gasteiger partial charge < -0.3 is 14.8 Å². The Morgan fingerprint density at radius 3 is 2.28 bits per heavy atom. The van der Waals surface area contributed by atoms with E-state index in [1.807, 2.05) is 48.5 Å². The fourth-order valence-electron chi connectivity index (χ4n) is 4.31. The largest absolute Gasteiger partial charge is 0.465 e. The lowest BCUT2D eigenvalue weighted by Gasteiger charge is -2.27. The van der Waals surface area contributed by atoms with Crippen LogP contribution in [0.2, 0.25) is 0 Å². The number of para-hydroxylation sites is 1. The van der Waals surface area contributed by atoms with Crippen LogP contribution in [-0.2, 0) is 24.2 Å². The van der Waals surface area contributed by atoms with E-state index in [1.165, 1.54) is 24.0 Å². The molecule has 0 unspecified atom stereocenters. The summed E-state index contributed by atoms with van der Waals surface area (Å²) >= 11 is 1.45. The maximum Gasteiger partial charge on any atom is 0.341 e. The molecule has 0 radical (unpaired) electrons. The van der Waals surface area contributed by atoms with Gasteiger partial charge in [-0.05, 0) is 53.9 Å². The number of anilines is 1. The Hall–Kier alpha value is -3.94. The minimum absolute atomic E-state index is 0.286. The summed E-state index contributed by atoms with van der Waals surface area (Å²) in [5.41, 5.74) is 3.16. The lowest BCUT2D eigenvalue weighted by Crippen LogP contribution is -2.29. The summed E-state index contributed by atoms with van der Waals surface area (Å²) in [5, 5.41) is 3.48. The van der Waals surface area contributed by atoms with Gasteiger partial charge in [0, 0.05) is 30.1 Å². The molecule has 1 aliphatic heterocycles. The molecule has 6 nitrogen and oxygen atoms in total. The quantitative estimate of drug-likeness (QED) is 0.310. The van der Waals surface area contributed by atoms with Gasteiger partial charge in [0.2, 0.25) is 0 Å². The molecule has 0 bridgehead atoms. The van der Waals surface area contributed by atoms with Crippen LogP contribution in [0.5, 0.6) is 11.5 Å². The average molecular weight is 499 g/mol. The van der Waals surface area contributed by atoms with Gasteiger partial charge in [0.25, 0.3) is 5.91 Å². The molecule has 2 heterocycles. The Morgan fingerprint density at radius 2 is 1.58 bits per heavy atom. The first-order valence-corrected chi connectivity index (χ1v) is 12.6. The predicted octanol–water partition coefficient (Wildman–Crippen LogP) is 6.14. The van der Waals surface area contributed by atoms with Gasteiger partial charge in [0.1, 0.15) is 16.5 Å². The van der Waals surface area contributed by atoms with Crippen LogP contribution >= 0.6 is 11.3 Å². The van der Waals surface area contributed by atoms with Crippen molar-refractivity contribution in [3.8, 4) is 11.5 Å². The highest BCUT2D eigenvalue weighted by Crippen LogP contribution is 2.38. The number of fused-ring (bicyclic) bond motifs is 1. The zero-order chi connectivity index (χ0) is 24.9. The van der Waals surface area contributed by atoms with Gasteiger partial charge in [-0.1, -0.05) is 48.5 Å². The summed E-state index contributed by atoms with van der Waals surface area (Å²) < 4.78 is 10.9. The number of thiophene rings is 1. The second-order valence-corrected chi connectivity index (χ2v) is 9.64. The maximum absolute atomic E-state index is 13.1. The molecule has 0 atom stereocenters. The molecule has 0 aliphatic carbocycles. The summed E-state index contributed by atoms with van der Waals surface area (Å²) in [7, 11) is 1.37. The van der Waals surface area contributed by atoms with Crippen molar-refractivity contribution in [2.24, 2.45) is 0 Å². The highest BCUT2D eigenvalue weighted by Gasteiger charge is 2.29. The molecular formula is C29H26N2O4S. The van der Waals surface area contributed by atoms with Crippen LogP contribution in [0.4, 0.5) is 5.00 Å². The van der Waals surface area contributed by atoms with Crippen LogP contribution in [0.3, 0.4) is 0 Å². The first-order valence-electron chi connectivity index (χ1n) is 11.7. The van der Waals surface area contributed by atoms with E-state index < -0.39 is 5.97 Å². The van der Waals surface area contributed by atoms with Gasteiger partial charge in [-0.15, -0.1) is 11.3 Å². The highest BCUT2D eigenvalue weighted by molar-refractivity contribution is 7.17. The number of carbonyl (C=O) groups excluding carboxylic acids is 2. The lowest BCUT2D eigenvalue weighted by molar-refractivity contribution is 0.0600. The summed E-state index contributed by atoms with van der Waals surface area (Å²) in [6.07, 6.45) is 0.727. The SMILES string of the molecule is COC(=O)c1c(NC(=O)c2ccc(Oc3ccccc3)cc2)sc2c1CCN(Cc1ccccc1)C2. The molecule has 0 fully saturated rings. The third-order valence-electron chi connectivity index (χ3n) is 6.10. The van der Waals surface area contributed by atoms with Crippen molar-refractivity contribution < 1.29 is 19.1 Å². The first-order chi connectivity index (χ1) is 17.6. The van der Waals surface area contributed by atoms with Gasteiger partial charge in [-0.3, -0.25) is 9.69 Å². The molecule has 182 valence electrons. The molecule has 36 heavy (non-hydrogen) atoms. The fraction of sp³-hybridized carbons (Fsp3) is 0.172. The molecule has 1 amide bonds. The van der Waals surface area contributed by atoms with Crippen molar-refractivity contribution in [3.63, 3.8) is 0 Å². The number of ether oxygens (including phenoxy) is 2. The highest BCUT2D eigenvalue weighted by atomic mass is 32.1. The number of rotatable bonds is 7. The molecule has 3 aromatic carbocycles. The van der Waals surface area contributed by atoms with E-state index in [9.17, 15) is 9.59 Å². The Bertz CT molecular complexity index is 1350. The zero-order valence-electron chi connectivity index (χ0n) is 19.9. The van der Waals surface area contributed by atoms with E-state index in [-0.39, 0.29) is 5.91 Å². The number of nitrogens with one attached hydrogen (secondary N) is 1. The van der Waals surface area contributed by atoms with E-state index in [2.05, 4.69) is 22.3 Å². The van der Waals surface area contributed by atoms with E-state index >= 15 is 0 Å². The van der Waals surface area contributed by atoms with Gasteiger partial charge in [0.15, 0.2) is 0 Å². The monoisotopic (exact) mass is 498 g/mol. The molecule has 7 heteroatoms. The Kier molecular flexibility index (Phi) is 7.11. The third-order valence-corrected chi connectivity index (χ3v) is 7.23. The molecular weight excluding hydrogens is 472 g/mol. The van der Waals surface area contributed by atoms with Crippen molar-refractivity contribution in [2.45, 2.75) is 19.5 Å². The van der Waals surface area contributed by atoms with Crippen molar-refractivity contribution in [2.75, 3.05) is 19.0 Å². The Morgan fingerprint density at radius 1 is 0.917 bits per heavy atom. The van der Waals surface area contributed by atoms with E-state index in [0.29, 0.717) is 21.9 Å². The average Bonchev–Trinajstić information content (AvgIpc) is 3.26. The summed E-state index contributed by atoms with van der Waals surface area (Å²) in [6.45, 7) is 2.39. The molecule has 5 rings (SSSR count). The Balaban J connectivity index is 1.32. The topological polar surface area (TPSA) is 67.9 Å². The second kappa shape index (κ2) is 10.8. The third kappa shape index (κ3) is 5.32. The number of nitrogens with zero attached hydrogens (tertiary/aromatic N) is 1. The fourth-order valence-corrected chi connectivity index (χ4v) is 5.59. The summed E-state index contributed by atoms with van der Waals surface area (Å²) in [4.78, 5) is 29.2. The van der Waals surface area contributed by atoms with Crippen LogP contribution < -0.4 is 10.1 Å². The number of benzene rings is 3. The minimum Gasteiger partial charge on any atom is -0.465 e. The second-order valence-electron chi connectivity index (χ2n) is 8.54. The predicted molar refractivity (Wildman–Crippen MR) is 141 cm³/mol. The number of amides is 1. The zero-order valence-corrected chi connectivity index (χ0v) is 20.7. The van der Waals surface area contributed by atoms with Crippen LogP contribution in [0, 0.1) is 0 Å². The number of carbonyl (C=O) groups is 2. The van der Waals surface area contributed by atoms with Crippen molar-refractivity contribution in [1.29, 1.82) is 0 Å². The molecule has 1 N–H and O–H groups in total. The minimum atomic E-state index is -0.425. The van der Waals surface area contributed by atoms with Crippen molar-refractivity contribution >= 4 is 28.2 Å². The maximum atomic E-state index is 13.1. The molecule has 4 aromatic rings. The van der Waals surface area contributed by atoms with E-state index in [1.54, 1.807) is 24.3 Å². The molecule has 0 saturated carbocycles.